The molecule has 1 heterocycles. The average Bonchev–Trinajstić information content (AvgIpc) is 2.51. The molecular formula is C18H23BrN2. The summed E-state index contributed by atoms with van der Waals surface area (Å²) < 4.78 is 1.04. The van der Waals surface area contributed by atoms with E-state index < -0.39 is 0 Å². The smallest absolute Gasteiger partial charge is 0.0410 e. The highest BCUT2D eigenvalue weighted by Gasteiger charge is 2.14. The van der Waals surface area contributed by atoms with Crippen LogP contribution in [0.3, 0.4) is 0 Å². The molecule has 0 aliphatic heterocycles. The first-order valence-corrected chi connectivity index (χ1v) is 8.44. The first kappa shape index (κ1) is 16.2. The second-order valence-corrected chi connectivity index (χ2v) is 6.19. The molecule has 21 heavy (non-hydrogen) atoms. The summed E-state index contributed by atoms with van der Waals surface area (Å²) in [6, 6.07) is 11.2. The van der Waals surface area contributed by atoms with Crippen LogP contribution in [0.5, 0.6) is 0 Å². The van der Waals surface area contributed by atoms with Gasteiger partial charge in [0.2, 0.25) is 0 Å². The third-order valence-corrected chi connectivity index (χ3v) is 4.09. The van der Waals surface area contributed by atoms with E-state index in [4.69, 9.17) is 0 Å². The molecule has 0 fully saturated rings. The van der Waals surface area contributed by atoms with Crippen LogP contribution in [0, 0.1) is 0 Å². The van der Waals surface area contributed by atoms with Gasteiger partial charge in [-0.3, -0.25) is 4.98 Å². The number of aryl methyl sites for hydroxylation is 1. The van der Waals surface area contributed by atoms with Crippen molar-refractivity contribution in [3.05, 3.63) is 63.9 Å². The molecule has 0 aliphatic carbocycles. The molecule has 0 bridgehead atoms. The van der Waals surface area contributed by atoms with Crippen molar-refractivity contribution in [2.24, 2.45) is 0 Å². The monoisotopic (exact) mass is 346 g/mol. The van der Waals surface area contributed by atoms with Gasteiger partial charge in [0.1, 0.15) is 0 Å². The number of nitrogens with zero attached hydrogens (tertiary/aromatic N) is 1. The van der Waals surface area contributed by atoms with Crippen LogP contribution in [0.25, 0.3) is 0 Å². The molecule has 0 saturated carbocycles. The standard InChI is InChI=1S/C18H23BrN2/c1-3-9-21-18(11-14-10-16(19)13-20-12-14)17-8-6-5-7-15(17)4-2/h5-8,10,12-13,18,21H,3-4,9,11H2,1-2H3. The molecule has 1 aromatic carbocycles. The number of halogens is 1. The van der Waals surface area contributed by atoms with Crippen LogP contribution >= 0.6 is 15.9 Å². The minimum absolute atomic E-state index is 0.345. The third-order valence-electron chi connectivity index (χ3n) is 3.65. The van der Waals surface area contributed by atoms with Gasteiger partial charge in [0.15, 0.2) is 0 Å². The lowest BCUT2D eigenvalue weighted by atomic mass is 9.94. The Morgan fingerprint density at radius 1 is 1.19 bits per heavy atom. The number of hydrogen-bond donors (Lipinski definition) is 1. The van der Waals surface area contributed by atoms with Crippen LogP contribution in [-0.4, -0.2) is 11.5 Å². The quantitative estimate of drug-likeness (QED) is 0.786. The molecule has 0 saturated heterocycles. The summed E-state index contributed by atoms with van der Waals surface area (Å²) in [4.78, 5) is 4.28. The van der Waals surface area contributed by atoms with Gasteiger partial charge < -0.3 is 5.32 Å². The highest BCUT2D eigenvalue weighted by atomic mass is 79.9. The molecule has 2 nitrogen and oxygen atoms in total. The predicted molar refractivity (Wildman–Crippen MR) is 92.5 cm³/mol. The summed E-state index contributed by atoms with van der Waals surface area (Å²) in [5.41, 5.74) is 4.09. The maximum Gasteiger partial charge on any atom is 0.0410 e. The highest BCUT2D eigenvalue weighted by molar-refractivity contribution is 9.10. The van der Waals surface area contributed by atoms with Crippen molar-refractivity contribution in [2.75, 3.05) is 6.54 Å². The van der Waals surface area contributed by atoms with E-state index in [1.165, 1.54) is 16.7 Å². The lowest BCUT2D eigenvalue weighted by Gasteiger charge is -2.22. The molecule has 3 heteroatoms. The number of aromatic nitrogens is 1. The van der Waals surface area contributed by atoms with E-state index in [9.17, 15) is 0 Å². The van der Waals surface area contributed by atoms with Gasteiger partial charge in [-0.05, 0) is 64.5 Å². The van der Waals surface area contributed by atoms with Gasteiger partial charge >= 0.3 is 0 Å². The van der Waals surface area contributed by atoms with E-state index in [1.54, 1.807) is 0 Å². The van der Waals surface area contributed by atoms with Crippen molar-refractivity contribution < 1.29 is 0 Å². The Kier molecular flexibility index (Phi) is 6.40. The zero-order chi connectivity index (χ0) is 15.1. The summed E-state index contributed by atoms with van der Waals surface area (Å²) in [5.74, 6) is 0. The van der Waals surface area contributed by atoms with Crippen molar-refractivity contribution >= 4 is 15.9 Å². The number of nitrogens with one attached hydrogen (secondary N) is 1. The van der Waals surface area contributed by atoms with Crippen molar-refractivity contribution in [3.63, 3.8) is 0 Å². The van der Waals surface area contributed by atoms with Gasteiger partial charge in [-0.1, -0.05) is 38.1 Å². The van der Waals surface area contributed by atoms with Crippen LogP contribution in [0.15, 0.2) is 47.2 Å². The minimum atomic E-state index is 0.345. The van der Waals surface area contributed by atoms with Crippen LogP contribution < -0.4 is 5.32 Å². The molecule has 0 amide bonds. The lowest BCUT2D eigenvalue weighted by molar-refractivity contribution is 0.525. The molecule has 2 rings (SSSR count). The van der Waals surface area contributed by atoms with Crippen molar-refractivity contribution in [2.45, 2.75) is 39.2 Å². The Morgan fingerprint density at radius 3 is 2.71 bits per heavy atom. The normalized spacial score (nSPS) is 12.3. The average molecular weight is 347 g/mol. The third kappa shape index (κ3) is 4.65. The van der Waals surface area contributed by atoms with Crippen LogP contribution in [-0.2, 0) is 12.8 Å². The van der Waals surface area contributed by atoms with Gasteiger partial charge in [0, 0.05) is 22.9 Å². The minimum Gasteiger partial charge on any atom is -0.310 e. The largest absolute Gasteiger partial charge is 0.310 e. The van der Waals surface area contributed by atoms with Gasteiger partial charge in [-0.15, -0.1) is 0 Å². The molecule has 112 valence electrons. The lowest BCUT2D eigenvalue weighted by Crippen LogP contribution is -2.25. The highest BCUT2D eigenvalue weighted by Crippen LogP contribution is 2.23. The Bertz CT molecular complexity index is 569. The van der Waals surface area contributed by atoms with Gasteiger partial charge in [0.05, 0.1) is 0 Å². The number of pyridine rings is 1. The first-order valence-electron chi connectivity index (χ1n) is 7.65. The maximum absolute atomic E-state index is 4.28. The Balaban J connectivity index is 2.25. The second-order valence-electron chi connectivity index (χ2n) is 5.27. The van der Waals surface area contributed by atoms with E-state index in [2.05, 4.69) is 70.4 Å². The summed E-state index contributed by atoms with van der Waals surface area (Å²) in [5, 5.41) is 3.69. The van der Waals surface area contributed by atoms with Crippen molar-refractivity contribution in [1.82, 2.24) is 10.3 Å². The van der Waals surface area contributed by atoms with Crippen molar-refractivity contribution in [3.8, 4) is 0 Å². The zero-order valence-electron chi connectivity index (χ0n) is 12.8. The molecule has 2 aromatic rings. The summed E-state index contributed by atoms with van der Waals surface area (Å²) in [7, 11) is 0. The topological polar surface area (TPSA) is 24.9 Å². The molecule has 1 atom stereocenters. The molecule has 0 aliphatic rings. The van der Waals surface area contributed by atoms with Gasteiger partial charge in [-0.25, -0.2) is 0 Å². The van der Waals surface area contributed by atoms with E-state index >= 15 is 0 Å². The van der Waals surface area contributed by atoms with Gasteiger partial charge in [0.25, 0.3) is 0 Å². The number of rotatable bonds is 7. The van der Waals surface area contributed by atoms with E-state index in [-0.39, 0.29) is 0 Å². The van der Waals surface area contributed by atoms with E-state index in [0.29, 0.717) is 6.04 Å². The summed E-state index contributed by atoms with van der Waals surface area (Å²) >= 11 is 3.51. The second kappa shape index (κ2) is 8.30. The Labute approximate surface area is 136 Å². The van der Waals surface area contributed by atoms with Crippen LogP contribution in [0.4, 0.5) is 0 Å². The van der Waals surface area contributed by atoms with E-state index in [0.717, 1.165) is 30.3 Å². The molecule has 0 radical (unpaired) electrons. The molecule has 1 N–H and O–H groups in total. The summed E-state index contributed by atoms with van der Waals surface area (Å²) in [6.45, 7) is 5.46. The predicted octanol–water partition coefficient (Wildman–Crippen LogP) is 4.69. The SMILES string of the molecule is CCCNC(Cc1cncc(Br)c1)c1ccccc1CC. The molecular weight excluding hydrogens is 324 g/mol. The Morgan fingerprint density at radius 2 is 2.00 bits per heavy atom. The van der Waals surface area contributed by atoms with Crippen LogP contribution in [0.1, 0.15) is 43.0 Å². The first-order chi connectivity index (χ1) is 10.2. The fourth-order valence-electron chi connectivity index (χ4n) is 2.61. The number of hydrogen-bond acceptors (Lipinski definition) is 2. The zero-order valence-corrected chi connectivity index (χ0v) is 14.4. The van der Waals surface area contributed by atoms with Gasteiger partial charge in [-0.2, -0.15) is 0 Å². The Hall–Kier alpha value is -1.19. The summed E-state index contributed by atoms with van der Waals surface area (Å²) in [6.07, 6.45) is 6.96. The molecule has 1 unspecified atom stereocenters. The fourth-order valence-corrected chi connectivity index (χ4v) is 3.02. The maximum atomic E-state index is 4.28. The van der Waals surface area contributed by atoms with Crippen LogP contribution in [0.2, 0.25) is 0 Å². The fraction of sp³-hybridized carbons (Fsp3) is 0.389. The molecule has 1 aromatic heterocycles. The van der Waals surface area contributed by atoms with Crippen molar-refractivity contribution in [1.29, 1.82) is 0 Å². The van der Waals surface area contributed by atoms with E-state index in [1.807, 2.05) is 12.4 Å². The number of benzene rings is 1. The molecule has 0 spiro atoms.